The van der Waals surface area contributed by atoms with E-state index in [0.717, 1.165) is 33.4 Å². The number of rotatable bonds is 6. The number of esters is 4. The molecule has 2 aliphatic rings. The zero-order chi connectivity index (χ0) is 30.8. The zero-order valence-corrected chi connectivity index (χ0v) is 24.5. The fourth-order valence-electron chi connectivity index (χ4n) is 5.60. The van der Waals surface area contributed by atoms with Crippen LogP contribution in [-0.2, 0) is 14.9 Å². The van der Waals surface area contributed by atoms with E-state index in [2.05, 4.69) is 47.6 Å². The van der Waals surface area contributed by atoms with Gasteiger partial charge in [-0.1, -0.05) is 38.1 Å². The number of fused-ring (bicyclic) bond motifs is 2. The first-order valence-corrected chi connectivity index (χ1v) is 13.7. The van der Waals surface area contributed by atoms with E-state index in [4.69, 9.17) is 9.47 Å². The van der Waals surface area contributed by atoms with E-state index in [1.807, 2.05) is 27.7 Å². The Morgan fingerprint density at radius 3 is 1.16 bits per heavy atom. The van der Waals surface area contributed by atoms with Gasteiger partial charge in [0, 0.05) is 5.41 Å². The van der Waals surface area contributed by atoms with Gasteiger partial charge in [-0.15, -0.1) is 0 Å². The molecular weight excluding hydrogens is 548 g/mol. The van der Waals surface area contributed by atoms with Gasteiger partial charge in [0.2, 0.25) is 0 Å². The molecule has 0 radical (unpaired) electrons. The minimum absolute atomic E-state index is 0.197. The van der Waals surface area contributed by atoms with E-state index in [-0.39, 0.29) is 27.7 Å². The SMILES string of the molecule is Cc1cc(C(C)(C)c2cc(C)c(Oc3ccc4c(c3)C(=O)OC4=O)c(C)c2)cc(C)c1Oc1ccc2c(c1)C(=O)OC2=O. The van der Waals surface area contributed by atoms with Crippen LogP contribution in [0.3, 0.4) is 0 Å². The van der Waals surface area contributed by atoms with E-state index in [1.54, 1.807) is 12.1 Å². The zero-order valence-electron chi connectivity index (χ0n) is 24.5. The molecular formula is C35H28O8. The molecule has 0 saturated carbocycles. The molecule has 43 heavy (non-hydrogen) atoms. The predicted molar refractivity (Wildman–Crippen MR) is 156 cm³/mol. The fourth-order valence-corrected chi connectivity index (χ4v) is 5.60. The van der Waals surface area contributed by atoms with Crippen LogP contribution >= 0.6 is 0 Å². The van der Waals surface area contributed by atoms with Crippen molar-refractivity contribution >= 4 is 23.9 Å². The van der Waals surface area contributed by atoms with Crippen molar-refractivity contribution in [3.63, 3.8) is 0 Å². The average molecular weight is 577 g/mol. The summed E-state index contributed by atoms with van der Waals surface area (Å²) >= 11 is 0. The standard InChI is InChI=1S/C35H28O8/c1-17-11-21(12-18(2)29(17)40-23-7-9-25-27(15-23)33(38)42-31(25)36)35(5,6)22-13-19(3)30(20(4)14-22)41-24-8-10-26-28(16-24)34(39)43-32(26)37/h7-16H,1-6H3. The number of carbonyl (C=O) groups excluding carboxylic acids is 4. The Morgan fingerprint density at radius 2 is 0.814 bits per heavy atom. The van der Waals surface area contributed by atoms with Crippen LogP contribution in [0.1, 0.15) is 88.7 Å². The first-order valence-electron chi connectivity index (χ1n) is 13.7. The Morgan fingerprint density at radius 1 is 0.488 bits per heavy atom. The summed E-state index contributed by atoms with van der Waals surface area (Å²) < 4.78 is 21.8. The van der Waals surface area contributed by atoms with Crippen molar-refractivity contribution in [1.29, 1.82) is 0 Å². The van der Waals surface area contributed by atoms with Crippen LogP contribution in [0.4, 0.5) is 0 Å². The molecule has 2 aliphatic heterocycles. The van der Waals surface area contributed by atoms with Crippen molar-refractivity contribution in [3.05, 3.63) is 116 Å². The van der Waals surface area contributed by atoms with Crippen LogP contribution in [-0.4, -0.2) is 23.9 Å². The molecule has 0 spiro atoms. The topological polar surface area (TPSA) is 105 Å². The lowest BCUT2D eigenvalue weighted by Crippen LogP contribution is -2.20. The Hall–Kier alpha value is -5.24. The summed E-state index contributed by atoms with van der Waals surface area (Å²) in [6, 6.07) is 17.8. The molecule has 216 valence electrons. The summed E-state index contributed by atoms with van der Waals surface area (Å²) in [4.78, 5) is 47.6. The molecule has 0 unspecified atom stereocenters. The Balaban J connectivity index is 1.27. The van der Waals surface area contributed by atoms with Crippen LogP contribution in [0.5, 0.6) is 23.0 Å². The number of benzene rings is 4. The molecule has 8 heteroatoms. The number of ether oxygens (including phenoxy) is 4. The summed E-state index contributed by atoms with van der Waals surface area (Å²) in [5, 5.41) is 0. The quantitative estimate of drug-likeness (QED) is 0.172. The summed E-state index contributed by atoms with van der Waals surface area (Å²) in [6.45, 7) is 12.2. The van der Waals surface area contributed by atoms with Gasteiger partial charge in [-0.05, 0) is 97.5 Å². The second-order valence-corrected chi connectivity index (χ2v) is 11.5. The van der Waals surface area contributed by atoms with Crippen LogP contribution in [0.15, 0.2) is 60.7 Å². The maximum Gasteiger partial charge on any atom is 0.347 e. The highest BCUT2D eigenvalue weighted by molar-refractivity contribution is 6.15. The summed E-state index contributed by atoms with van der Waals surface area (Å²) in [5.41, 5.74) is 6.35. The number of carbonyl (C=O) groups is 4. The average Bonchev–Trinajstić information content (AvgIpc) is 3.40. The molecule has 8 nitrogen and oxygen atoms in total. The largest absolute Gasteiger partial charge is 0.457 e. The lowest BCUT2D eigenvalue weighted by Gasteiger charge is -2.29. The lowest BCUT2D eigenvalue weighted by molar-refractivity contribution is 0.0425. The molecule has 0 N–H and O–H groups in total. The number of hydrogen-bond donors (Lipinski definition) is 0. The van der Waals surface area contributed by atoms with Crippen molar-refractivity contribution in [2.45, 2.75) is 47.0 Å². The number of cyclic esters (lactones) is 4. The third-order valence-electron chi connectivity index (χ3n) is 8.04. The van der Waals surface area contributed by atoms with E-state index >= 15 is 0 Å². The normalized spacial score (nSPS) is 13.9. The van der Waals surface area contributed by atoms with Gasteiger partial charge in [-0.3, -0.25) is 0 Å². The van der Waals surface area contributed by atoms with E-state index in [1.165, 1.54) is 24.3 Å². The monoisotopic (exact) mass is 576 g/mol. The molecule has 2 heterocycles. The minimum Gasteiger partial charge on any atom is -0.457 e. The summed E-state index contributed by atoms with van der Waals surface area (Å²) in [5.74, 6) is -0.417. The lowest BCUT2D eigenvalue weighted by atomic mass is 9.76. The maximum absolute atomic E-state index is 12.0. The predicted octanol–water partition coefficient (Wildman–Crippen LogP) is 7.45. The van der Waals surface area contributed by atoms with E-state index < -0.39 is 23.9 Å². The number of aryl methyl sites for hydroxylation is 4. The van der Waals surface area contributed by atoms with Gasteiger partial charge in [-0.2, -0.15) is 0 Å². The van der Waals surface area contributed by atoms with Crippen molar-refractivity contribution in [2.75, 3.05) is 0 Å². The van der Waals surface area contributed by atoms with Gasteiger partial charge in [0.25, 0.3) is 0 Å². The van der Waals surface area contributed by atoms with Crippen molar-refractivity contribution in [3.8, 4) is 23.0 Å². The van der Waals surface area contributed by atoms with Gasteiger partial charge in [0.05, 0.1) is 22.3 Å². The van der Waals surface area contributed by atoms with Crippen LogP contribution in [0.25, 0.3) is 0 Å². The molecule has 0 amide bonds. The molecule has 0 bridgehead atoms. The maximum atomic E-state index is 12.0. The molecule has 4 aromatic rings. The highest BCUT2D eigenvalue weighted by atomic mass is 16.6. The fraction of sp³-hybridized carbons (Fsp3) is 0.200. The molecule has 0 aromatic heterocycles. The van der Waals surface area contributed by atoms with Gasteiger partial charge < -0.3 is 18.9 Å². The van der Waals surface area contributed by atoms with Gasteiger partial charge >= 0.3 is 23.9 Å². The smallest absolute Gasteiger partial charge is 0.347 e. The van der Waals surface area contributed by atoms with Gasteiger partial charge in [0.15, 0.2) is 0 Å². The highest BCUT2D eigenvalue weighted by Crippen LogP contribution is 2.41. The molecule has 0 aliphatic carbocycles. The minimum atomic E-state index is -0.675. The molecule has 4 aromatic carbocycles. The first kappa shape index (κ1) is 27.9. The molecule has 0 atom stereocenters. The Kier molecular flexibility index (Phi) is 6.45. The third kappa shape index (κ3) is 4.74. The van der Waals surface area contributed by atoms with E-state index in [0.29, 0.717) is 23.0 Å². The van der Waals surface area contributed by atoms with E-state index in [9.17, 15) is 19.2 Å². The third-order valence-corrected chi connectivity index (χ3v) is 8.04. The second-order valence-electron chi connectivity index (χ2n) is 11.5. The molecule has 6 rings (SSSR count). The van der Waals surface area contributed by atoms with Crippen molar-refractivity contribution in [2.24, 2.45) is 0 Å². The second kappa shape index (κ2) is 9.94. The van der Waals surface area contributed by atoms with Gasteiger partial charge in [-0.25, -0.2) is 19.2 Å². The first-order chi connectivity index (χ1) is 20.3. The molecule has 0 saturated heterocycles. The van der Waals surface area contributed by atoms with Gasteiger partial charge in [0.1, 0.15) is 23.0 Å². The van der Waals surface area contributed by atoms with Crippen LogP contribution < -0.4 is 9.47 Å². The Bertz CT molecular complexity index is 1730. The van der Waals surface area contributed by atoms with Crippen LogP contribution in [0.2, 0.25) is 0 Å². The van der Waals surface area contributed by atoms with Crippen LogP contribution in [0, 0.1) is 27.7 Å². The van der Waals surface area contributed by atoms with Crippen molar-refractivity contribution in [1.82, 2.24) is 0 Å². The summed E-state index contributed by atoms with van der Waals surface area (Å²) in [6.07, 6.45) is 0. The highest BCUT2D eigenvalue weighted by Gasteiger charge is 2.32. The molecule has 0 fully saturated rings. The Labute approximate surface area is 248 Å². The number of hydrogen-bond acceptors (Lipinski definition) is 8. The van der Waals surface area contributed by atoms with Crippen molar-refractivity contribution < 1.29 is 38.1 Å². The summed E-state index contributed by atoms with van der Waals surface area (Å²) in [7, 11) is 0.